The Kier molecular flexibility index (Phi) is 8.66. The van der Waals surface area contributed by atoms with E-state index in [2.05, 4.69) is 6.07 Å². The average molecular weight is 498 g/mol. The second kappa shape index (κ2) is 11.5. The van der Waals surface area contributed by atoms with Crippen LogP contribution in [-0.4, -0.2) is 47.0 Å². The highest BCUT2D eigenvalue weighted by atomic mass is 35.5. The Morgan fingerprint density at radius 3 is 2.69 bits per heavy atom. The normalized spacial score (nSPS) is 15.6. The predicted octanol–water partition coefficient (Wildman–Crippen LogP) is 5.19. The van der Waals surface area contributed by atoms with E-state index >= 15 is 0 Å². The van der Waals surface area contributed by atoms with Crippen LogP contribution in [0.15, 0.2) is 42.5 Å². The number of aliphatic hydroxyl groups is 1. The molecule has 1 saturated heterocycles. The topological polar surface area (TPSA) is 109 Å². The minimum Gasteiger partial charge on any atom is -0.489 e. The van der Waals surface area contributed by atoms with Crippen molar-refractivity contribution in [1.29, 1.82) is 5.26 Å². The van der Waals surface area contributed by atoms with Crippen LogP contribution < -0.4 is 10.5 Å². The number of rotatable bonds is 6. The van der Waals surface area contributed by atoms with Crippen molar-refractivity contribution in [3.05, 3.63) is 64.2 Å². The van der Waals surface area contributed by atoms with Crippen LogP contribution in [0.4, 0.5) is 10.5 Å². The number of carbonyl (C=O) groups excluding carboxylic acids is 1. The number of ether oxygens (including phenoxy) is 2. The number of nitriles is 1. The molecule has 186 valence electrons. The molecular weight excluding hydrogens is 466 g/mol. The number of nitrogens with two attached hydrogens (primary N) is 1. The molecule has 8 heteroatoms. The maximum Gasteiger partial charge on any atom is 0.410 e. The molecule has 7 nitrogen and oxygen atoms in total. The van der Waals surface area contributed by atoms with Crippen LogP contribution >= 0.6 is 11.6 Å². The molecule has 0 aliphatic carbocycles. The summed E-state index contributed by atoms with van der Waals surface area (Å²) in [5.74, 6) is 0.504. The van der Waals surface area contributed by atoms with Crippen molar-refractivity contribution in [1.82, 2.24) is 4.90 Å². The monoisotopic (exact) mass is 497 g/mol. The zero-order valence-electron chi connectivity index (χ0n) is 20.3. The van der Waals surface area contributed by atoms with Gasteiger partial charge in [0.15, 0.2) is 0 Å². The number of anilines is 1. The van der Waals surface area contributed by atoms with Crippen molar-refractivity contribution in [2.45, 2.75) is 57.8 Å². The van der Waals surface area contributed by atoms with Gasteiger partial charge in [0.2, 0.25) is 0 Å². The maximum absolute atomic E-state index is 12.3. The zero-order valence-corrected chi connectivity index (χ0v) is 21.1. The molecule has 0 saturated carbocycles. The Morgan fingerprint density at radius 2 is 2.03 bits per heavy atom. The molecule has 0 radical (unpaired) electrons. The van der Waals surface area contributed by atoms with Gasteiger partial charge in [0.1, 0.15) is 17.5 Å². The summed E-state index contributed by atoms with van der Waals surface area (Å²) in [6, 6.07) is 12.6. The summed E-state index contributed by atoms with van der Waals surface area (Å²) in [5, 5.41) is 20.0. The van der Waals surface area contributed by atoms with Gasteiger partial charge in [-0.3, -0.25) is 0 Å². The highest BCUT2D eigenvalue weighted by Gasteiger charge is 2.28. The minimum absolute atomic E-state index is 0.0973. The molecule has 0 bridgehead atoms. The number of carbonyl (C=O) groups is 1. The van der Waals surface area contributed by atoms with E-state index < -0.39 is 11.7 Å². The molecule has 1 fully saturated rings. The fourth-order valence-electron chi connectivity index (χ4n) is 3.77. The molecule has 1 atom stereocenters. The van der Waals surface area contributed by atoms with E-state index in [-0.39, 0.29) is 18.6 Å². The fraction of sp³-hybridized carbons (Fsp3) is 0.407. The molecule has 1 aliphatic rings. The second-order valence-corrected chi connectivity index (χ2v) is 10.0. The van der Waals surface area contributed by atoms with Crippen molar-refractivity contribution in [2.24, 2.45) is 0 Å². The first-order valence-electron chi connectivity index (χ1n) is 11.6. The highest BCUT2D eigenvalue weighted by molar-refractivity contribution is 6.32. The molecule has 3 rings (SSSR count). The molecule has 2 aromatic rings. The maximum atomic E-state index is 12.3. The Balaban J connectivity index is 1.60. The Morgan fingerprint density at radius 1 is 1.31 bits per heavy atom. The lowest BCUT2D eigenvalue weighted by molar-refractivity contribution is 0.0126. The molecule has 2 aromatic carbocycles. The molecule has 3 N–H and O–H groups in total. The number of hydrogen-bond donors (Lipinski definition) is 2. The first kappa shape index (κ1) is 26.4. The van der Waals surface area contributed by atoms with Crippen LogP contribution in [-0.2, 0) is 11.2 Å². The van der Waals surface area contributed by atoms with Crippen LogP contribution in [0.1, 0.15) is 50.3 Å². The first-order chi connectivity index (χ1) is 16.5. The molecule has 1 unspecified atom stereocenters. The number of nitrogen functional groups attached to an aromatic ring is 1. The number of aliphatic hydroxyl groups excluding tert-OH is 1. The van der Waals surface area contributed by atoms with Crippen molar-refractivity contribution in [2.75, 3.05) is 18.8 Å². The van der Waals surface area contributed by atoms with Crippen molar-refractivity contribution in [3.63, 3.8) is 0 Å². The van der Waals surface area contributed by atoms with Crippen molar-refractivity contribution in [3.8, 4) is 11.8 Å². The van der Waals surface area contributed by atoms with Gasteiger partial charge in [-0.1, -0.05) is 35.9 Å². The number of benzene rings is 2. The van der Waals surface area contributed by atoms with E-state index in [1.165, 1.54) is 0 Å². The van der Waals surface area contributed by atoms with Crippen molar-refractivity contribution < 1.29 is 19.4 Å². The van der Waals surface area contributed by atoms with E-state index in [9.17, 15) is 9.90 Å². The zero-order chi connectivity index (χ0) is 25.6. The summed E-state index contributed by atoms with van der Waals surface area (Å²) in [4.78, 5) is 14.0. The van der Waals surface area contributed by atoms with Gasteiger partial charge < -0.3 is 25.2 Å². The Bertz CT molecular complexity index is 1110. The van der Waals surface area contributed by atoms with E-state index in [1.54, 1.807) is 47.4 Å². The minimum atomic E-state index is -0.783. The Hall–Kier alpha value is -3.21. The largest absolute Gasteiger partial charge is 0.489 e. The third-order valence-electron chi connectivity index (χ3n) is 5.54. The van der Waals surface area contributed by atoms with E-state index in [1.807, 2.05) is 26.8 Å². The van der Waals surface area contributed by atoms with Crippen LogP contribution in [0.5, 0.6) is 5.75 Å². The third kappa shape index (κ3) is 7.91. The SMILES string of the molecule is CC(C)(C)OC(=O)N1CCC(Oc2cc(CC(O)/C=C/c3cccc(C#N)c3)c(N)cc2Cl)CC1. The molecule has 1 aliphatic heterocycles. The van der Waals surface area contributed by atoms with E-state index in [4.69, 9.17) is 32.1 Å². The predicted molar refractivity (Wildman–Crippen MR) is 137 cm³/mol. The van der Waals surface area contributed by atoms with Crippen LogP contribution in [0, 0.1) is 11.3 Å². The number of hydrogen-bond acceptors (Lipinski definition) is 6. The molecule has 1 amide bonds. The fourth-order valence-corrected chi connectivity index (χ4v) is 3.98. The molecule has 1 heterocycles. The number of likely N-dealkylation sites (tertiary alicyclic amines) is 1. The summed E-state index contributed by atoms with van der Waals surface area (Å²) in [6.45, 7) is 6.62. The lowest BCUT2D eigenvalue weighted by Crippen LogP contribution is -2.44. The number of nitrogens with zero attached hydrogens (tertiary/aromatic N) is 2. The van der Waals surface area contributed by atoms with Gasteiger partial charge in [0, 0.05) is 38.0 Å². The van der Waals surface area contributed by atoms with E-state index in [0.29, 0.717) is 48.0 Å². The smallest absolute Gasteiger partial charge is 0.410 e. The summed E-state index contributed by atoms with van der Waals surface area (Å²) < 4.78 is 11.6. The number of amides is 1. The first-order valence-corrected chi connectivity index (χ1v) is 12.0. The number of piperidine rings is 1. The van der Waals surface area contributed by atoms with Gasteiger partial charge in [-0.25, -0.2) is 4.79 Å². The van der Waals surface area contributed by atoms with Gasteiger partial charge in [0.05, 0.1) is 22.8 Å². The van der Waals surface area contributed by atoms with E-state index in [0.717, 1.165) is 11.1 Å². The third-order valence-corrected chi connectivity index (χ3v) is 5.83. The average Bonchev–Trinajstić information content (AvgIpc) is 2.80. The van der Waals surface area contributed by atoms with Crippen LogP contribution in [0.25, 0.3) is 6.08 Å². The van der Waals surface area contributed by atoms with Gasteiger partial charge >= 0.3 is 6.09 Å². The van der Waals surface area contributed by atoms with Gasteiger partial charge in [0.25, 0.3) is 0 Å². The quantitative estimate of drug-likeness (QED) is 0.531. The highest BCUT2D eigenvalue weighted by Crippen LogP contribution is 2.33. The van der Waals surface area contributed by atoms with Crippen LogP contribution in [0.2, 0.25) is 5.02 Å². The van der Waals surface area contributed by atoms with Crippen LogP contribution in [0.3, 0.4) is 0 Å². The van der Waals surface area contributed by atoms with Gasteiger partial charge in [-0.05, 0) is 56.2 Å². The molecule has 35 heavy (non-hydrogen) atoms. The summed E-state index contributed by atoms with van der Waals surface area (Å²) in [7, 11) is 0. The Labute approximate surface area is 211 Å². The number of halogens is 1. The molecule has 0 aromatic heterocycles. The lowest BCUT2D eigenvalue weighted by Gasteiger charge is -2.33. The second-order valence-electron chi connectivity index (χ2n) is 9.63. The van der Waals surface area contributed by atoms with Gasteiger partial charge in [-0.2, -0.15) is 5.26 Å². The van der Waals surface area contributed by atoms with Crippen molar-refractivity contribution >= 4 is 29.5 Å². The lowest BCUT2D eigenvalue weighted by atomic mass is 10.0. The molecule has 0 spiro atoms. The molecular formula is C27H32ClN3O4. The summed E-state index contributed by atoms with van der Waals surface area (Å²) in [5.41, 5.74) is 8.20. The van der Waals surface area contributed by atoms with Gasteiger partial charge in [-0.15, -0.1) is 0 Å². The summed E-state index contributed by atoms with van der Waals surface area (Å²) in [6.07, 6.45) is 3.83. The summed E-state index contributed by atoms with van der Waals surface area (Å²) >= 11 is 6.39. The standard InChI is InChI=1S/C27H32ClN3O4/c1-27(2,3)35-26(33)31-11-9-22(10-12-31)34-25-15-20(24(30)16-23(25)28)14-21(32)8-7-18-5-4-6-19(13-18)17-29/h4-8,13,15-16,21-22,32H,9-12,14,30H2,1-3H3/b8-7+.